The van der Waals surface area contributed by atoms with Crippen LogP contribution in [0.4, 0.5) is 11.5 Å². The molecule has 0 radical (unpaired) electrons. The van der Waals surface area contributed by atoms with E-state index in [0.29, 0.717) is 23.7 Å². The number of amides is 2. The highest BCUT2D eigenvalue weighted by Gasteiger charge is 2.38. The van der Waals surface area contributed by atoms with Crippen molar-refractivity contribution in [2.24, 2.45) is 5.92 Å². The number of anilines is 2. The average molecular weight is 342 g/mol. The predicted molar refractivity (Wildman–Crippen MR) is 94.8 cm³/mol. The number of ether oxygens (including phenoxy) is 1. The van der Waals surface area contributed by atoms with Gasteiger partial charge in [-0.05, 0) is 26.0 Å². The standard InChI is InChI=1S/C18H22N4O3/c1-11(2)22-10-19-16-15(22)9-14(18(24)21(16)3)17(23)20-12-6-5-7-13(8-12)25-4/h5-8,10-11,14H,9H2,1-4H3,(H,20,23). The number of hydrogen-bond donors (Lipinski definition) is 1. The van der Waals surface area contributed by atoms with Crippen molar-refractivity contribution in [2.45, 2.75) is 26.3 Å². The molecule has 1 unspecified atom stereocenters. The van der Waals surface area contributed by atoms with Gasteiger partial charge in [-0.3, -0.25) is 14.5 Å². The Morgan fingerprint density at radius 2 is 2.16 bits per heavy atom. The van der Waals surface area contributed by atoms with Crippen molar-refractivity contribution < 1.29 is 14.3 Å². The van der Waals surface area contributed by atoms with Crippen molar-refractivity contribution in [3.8, 4) is 5.75 Å². The van der Waals surface area contributed by atoms with E-state index in [1.54, 1.807) is 44.8 Å². The number of hydrogen-bond acceptors (Lipinski definition) is 4. The zero-order valence-electron chi connectivity index (χ0n) is 14.8. The van der Waals surface area contributed by atoms with Crippen molar-refractivity contribution in [3.05, 3.63) is 36.3 Å². The Labute approximate surface area is 146 Å². The molecule has 0 saturated heterocycles. The van der Waals surface area contributed by atoms with Gasteiger partial charge in [0.15, 0.2) is 5.82 Å². The van der Waals surface area contributed by atoms with Gasteiger partial charge in [-0.1, -0.05) is 6.07 Å². The van der Waals surface area contributed by atoms with E-state index in [4.69, 9.17) is 4.74 Å². The Morgan fingerprint density at radius 3 is 2.84 bits per heavy atom. The van der Waals surface area contributed by atoms with E-state index in [1.807, 2.05) is 18.4 Å². The third-order valence-electron chi connectivity index (χ3n) is 4.43. The van der Waals surface area contributed by atoms with Gasteiger partial charge in [0.2, 0.25) is 11.8 Å². The van der Waals surface area contributed by atoms with E-state index in [-0.39, 0.29) is 17.9 Å². The summed E-state index contributed by atoms with van der Waals surface area (Å²) in [6, 6.07) is 7.28. The van der Waals surface area contributed by atoms with E-state index in [9.17, 15) is 9.59 Å². The van der Waals surface area contributed by atoms with Crippen LogP contribution in [0.5, 0.6) is 5.75 Å². The van der Waals surface area contributed by atoms with Crippen LogP contribution in [-0.2, 0) is 16.0 Å². The Balaban J connectivity index is 1.85. The molecule has 1 N–H and O–H groups in total. The van der Waals surface area contributed by atoms with Crippen LogP contribution < -0.4 is 15.0 Å². The molecule has 0 saturated carbocycles. The molecule has 1 aliphatic heterocycles. The van der Waals surface area contributed by atoms with Gasteiger partial charge >= 0.3 is 0 Å². The number of benzene rings is 1. The minimum atomic E-state index is -0.780. The van der Waals surface area contributed by atoms with Gasteiger partial charge in [-0.15, -0.1) is 0 Å². The lowest BCUT2D eigenvalue weighted by Crippen LogP contribution is -2.44. The molecule has 2 amide bonds. The van der Waals surface area contributed by atoms with E-state index in [1.165, 1.54) is 4.90 Å². The maximum atomic E-state index is 12.7. The van der Waals surface area contributed by atoms with Crippen LogP contribution in [0.25, 0.3) is 0 Å². The monoisotopic (exact) mass is 342 g/mol. The van der Waals surface area contributed by atoms with Crippen molar-refractivity contribution in [1.82, 2.24) is 9.55 Å². The van der Waals surface area contributed by atoms with Crippen LogP contribution in [0.3, 0.4) is 0 Å². The molecule has 3 rings (SSSR count). The third kappa shape index (κ3) is 3.09. The molecule has 1 aliphatic rings. The summed E-state index contributed by atoms with van der Waals surface area (Å²) in [4.78, 5) is 31.1. The lowest BCUT2D eigenvalue weighted by molar-refractivity contribution is -0.131. The summed E-state index contributed by atoms with van der Waals surface area (Å²) in [6.07, 6.45) is 2.06. The molecule has 0 bridgehead atoms. The predicted octanol–water partition coefficient (Wildman–Crippen LogP) is 2.25. The molecular formula is C18H22N4O3. The van der Waals surface area contributed by atoms with E-state index < -0.39 is 5.92 Å². The first-order chi connectivity index (χ1) is 11.9. The maximum absolute atomic E-state index is 12.7. The number of carbonyl (C=O) groups is 2. The fourth-order valence-electron chi connectivity index (χ4n) is 3.05. The second-order valence-corrected chi connectivity index (χ2v) is 6.39. The second-order valence-electron chi connectivity index (χ2n) is 6.39. The number of nitrogens with one attached hydrogen (secondary N) is 1. The summed E-state index contributed by atoms with van der Waals surface area (Å²) < 4.78 is 7.16. The van der Waals surface area contributed by atoms with Gasteiger partial charge in [0, 0.05) is 31.3 Å². The molecule has 0 spiro atoms. The topological polar surface area (TPSA) is 76.5 Å². The largest absolute Gasteiger partial charge is 0.497 e. The lowest BCUT2D eigenvalue weighted by Gasteiger charge is -2.29. The number of imidazole rings is 1. The highest BCUT2D eigenvalue weighted by Crippen LogP contribution is 2.31. The number of nitrogens with zero attached hydrogens (tertiary/aromatic N) is 3. The number of methoxy groups -OCH3 is 1. The quantitative estimate of drug-likeness (QED) is 0.865. The molecule has 0 aliphatic carbocycles. The van der Waals surface area contributed by atoms with Crippen molar-refractivity contribution in [2.75, 3.05) is 24.4 Å². The Bertz CT molecular complexity index is 812. The second kappa shape index (κ2) is 6.58. The van der Waals surface area contributed by atoms with E-state index in [0.717, 1.165) is 5.69 Å². The van der Waals surface area contributed by atoms with Crippen LogP contribution in [-0.4, -0.2) is 35.5 Å². The van der Waals surface area contributed by atoms with Crippen LogP contribution >= 0.6 is 0 Å². The lowest BCUT2D eigenvalue weighted by atomic mass is 9.96. The summed E-state index contributed by atoms with van der Waals surface area (Å²) in [5, 5.41) is 2.81. The van der Waals surface area contributed by atoms with Crippen molar-refractivity contribution in [1.29, 1.82) is 0 Å². The van der Waals surface area contributed by atoms with Crippen LogP contribution in [0.2, 0.25) is 0 Å². The molecule has 2 aromatic rings. The summed E-state index contributed by atoms with van der Waals surface area (Å²) in [7, 11) is 3.22. The van der Waals surface area contributed by atoms with Crippen molar-refractivity contribution >= 4 is 23.3 Å². The number of aromatic nitrogens is 2. The van der Waals surface area contributed by atoms with Gasteiger partial charge in [-0.2, -0.15) is 0 Å². The van der Waals surface area contributed by atoms with Crippen LogP contribution in [0.15, 0.2) is 30.6 Å². The molecule has 1 atom stereocenters. The zero-order valence-corrected chi connectivity index (χ0v) is 14.8. The molecule has 132 valence electrons. The number of rotatable bonds is 4. The van der Waals surface area contributed by atoms with Crippen LogP contribution in [0, 0.1) is 5.92 Å². The van der Waals surface area contributed by atoms with E-state index in [2.05, 4.69) is 10.3 Å². The highest BCUT2D eigenvalue weighted by atomic mass is 16.5. The molecule has 1 aromatic carbocycles. The summed E-state index contributed by atoms with van der Waals surface area (Å²) >= 11 is 0. The van der Waals surface area contributed by atoms with Gasteiger partial charge in [0.25, 0.3) is 0 Å². The van der Waals surface area contributed by atoms with Gasteiger partial charge in [0.05, 0.1) is 19.1 Å². The first kappa shape index (κ1) is 17.0. The molecule has 2 heterocycles. The first-order valence-electron chi connectivity index (χ1n) is 8.20. The average Bonchev–Trinajstić information content (AvgIpc) is 3.02. The van der Waals surface area contributed by atoms with Gasteiger partial charge in [-0.25, -0.2) is 4.98 Å². The van der Waals surface area contributed by atoms with Gasteiger partial charge in [0.1, 0.15) is 11.7 Å². The highest BCUT2D eigenvalue weighted by molar-refractivity contribution is 6.12. The number of carbonyl (C=O) groups excluding carboxylic acids is 2. The Kier molecular flexibility index (Phi) is 4.48. The Hall–Kier alpha value is -2.83. The molecule has 0 fully saturated rings. The maximum Gasteiger partial charge on any atom is 0.240 e. The number of fused-ring (bicyclic) bond motifs is 1. The summed E-state index contributed by atoms with van der Waals surface area (Å²) in [5.41, 5.74) is 1.51. The minimum absolute atomic E-state index is 0.208. The van der Waals surface area contributed by atoms with E-state index >= 15 is 0 Å². The molecule has 7 heteroatoms. The molecule has 7 nitrogen and oxygen atoms in total. The third-order valence-corrected chi connectivity index (χ3v) is 4.43. The molecule has 25 heavy (non-hydrogen) atoms. The Morgan fingerprint density at radius 1 is 1.40 bits per heavy atom. The minimum Gasteiger partial charge on any atom is -0.497 e. The SMILES string of the molecule is COc1cccc(NC(=O)C2Cc3c(ncn3C(C)C)N(C)C2=O)c1. The first-order valence-corrected chi connectivity index (χ1v) is 8.20. The summed E-state index contributed by atoms with van der Waals surface area (Å²) in [5.74, 6) is -0.0822. The molecular weight excluding hydrogens is 320 g/mol. The summed E-state index contributed by atoms with van der Waals surface area (Å²) in [6.45, 7) is 4.09. The fourth-order valence-corrected chi connectivity index (χ4v) is 3.05. The van der Waals surface area contributed by atoms with Crippen molar-refractivity contribution in [3.63, 3.8) is 0 Å². The normalized spacial score (nSPS) is 16.8. The zero-order chi connectivity index (χ0) is 18.1. The van der Waals surface area contributed by atoms with Crippen LogP contribution in [0.1, 0.15) is 25.6 Å². The van der Waals surface area contributed by atoms with Gasteiger partial charge < -0.3 is 14.6 Å². The molecule has 1 aromatic heterocycles. The fraction of sp³-hybridized carbons (Fsp3) is 0.389. The smallest absolute Gasteiger partial charge is 0.240 e.